The number of carbonyl (C=O) groups is 1. The Kier molecular flexibility index (Phi) is 7.32. The van der Waals surface area contributed by atoms with Crippen LogP contribution in [-0.2, 0) is 11.3 Å². The van der Waals surface area contributed by atoms with Crippen LogP contribution in [-0.4, -0.2) is 64.6 Å². The molecule has 1 aromatic heterocycles. The molecule has 0 saturated carbocycles. The summed E-state index contributed by atoms with van der Waals surface area (Å²) in [6, 6.07) is 0.241. The molecule has 0 unspecified atom stereocenters. The van der Waals surface area contributed by atoms with Crippen molar-refractivity contribution in [3.05, 3.63) is 11.7 Å². The first-order valence-corrected chi connectivity index (χ1v) is 11.3. The highest BCUT2D eigenvalue weighted by atomic mass is 16.5. The lowest BCUT2D eigenvalue weighted by Crippen LogP contribution is -2.50. The number of carbonyl (C=O) groups excluding carboxylic acids is 1. The molecule has 0 aliphatic carbocycles. The van der Waals surface area contributed by atoms with Crippen molar-refractivity contribution in [2.75, 3.05) is 32.7 Å². The predicted octanol–water partition coefficient (Wildman–Crippen LogP) is 3.03. The molecule has 1 aromatic rings. The van der Waals surface area contributed by atoms with E-state index < -0.39 is 0 Å². The van der Waals surface area contributed by atoms with Crippen LogP contribution in [0.1, 0.15) is 77.9 Å². The van der Waals surface area contributed by atoms with Crippen molar-refractivity contribution in [2.24, 2.45) is 11.3 Å². The SMILES string of the molecule is CC(C)c1noc(CN(C(=O)CN2CCC(C(C)(C)C)CC2)C2CCNCC2)n1. The first-order chi connectivity index (χ1) is 13.7. The highest BCUT2D eigenvalue weighted by Crippen LogP contribution is 2.34. The number of rotatable bonds is 6. The fourth-order valence-electron chi connectivity index (χ4n) is 4.49. The van der Waals surface area contributed by atoms with E-state index in [1.807, 2.05) is 18.7 Å². The van der Waals surface area contributed by atoms with Gasteiger partial charge in [-0.2, -0.15) is 4.98 Å². The topological polar surface area (TPSA) is 74.5 Å². The van der Waals surface area contributed by atoms with Crippen molar-refractivity contribution < 1.29 is 9.32 Å². The second-order valence-electron chi connectivity index (χ2n) is 10.1. The van der Waals surface area contributed by atoms with Gasteiger partial charge in [0.15, 0.2) is 5.82 Å². The van der Waals surface area contributed by atoms with Gasteiger partial charge in [0.05, 0.1) is 6.54 Å². The fourth-order valence-corrected chi connectivity index (χ4v) is 4.49. The zero-order valence-corrected chi connectivity index (χ0v) is 18.9. The number of aromatic nitrogens is 2. The summed E-state index contributed by atoms with van der Waals surface area (Å²) in [7, 11) is 0. The van der Waals surface area contributed by atoms with E-state index in [2.05, 4.69) is 41.1 Å². The van der Waals surface area contributed by atoms with Gasteiger partial charge in [-0.15, -0.1) is 0 Å². The molecule has 3 heterocycles. The number of hydrogen-bond donors (Lipinski definition) is 1. The van der Waals surface area contributed by atoms with Crippen LogP contribution in [0.15, 0.2) is 4.52 Å². The Morgan fingerprint density at radius 2 is 1.86 bits per heavy atom. The highest BCUT2D eigenvalue weighted by molar-refractivity contribution is 5.78. The van der Waals surface area contributed by atoms with Crippen LogP contribution in [0, 0.1) is 11.3 Å². The molecular weight excluding hydrogens is 366 g/mol. The van der Waals surface area contributed by atoms with E-state index >= 15 is 0 Å². The number of amides is 1. The van der Waals surface area contributed by atoms with Gasteiger partial charge in [-0.25, -0.2) is 0 Å². The van der Waals surface area contributed by atoms with Gasteiger partial charge in [0.1, 0.15) is 6.54 Å². The first kappa shape index (κ1) is 22.2. The molecule has 2 fully saturated rings. The smallest absolute Gasteiger partial charge is 0.246 e. The van der Waals surface area contributed by atoms with Gasteiger partial charge < -0.3 is 14.7 Å². The van der Waals surface area contributed by atoms with E-state index in [1.54, 1.807) is 0 Å². The third kappa shape index (κ3) is 6.01. The van der Waals surface area contributed by atoms with Gasteiger partial charge in [0, 0.05) is 12.0 Å². The van der Waals surface area contributed by atoms with Crippen LogP contribution < -0.4 is 5.32 Å². The van der Waals surface area contributed by atoms with Crippen molar-refractivity contribution in [3.63, 3.8) is 0 Å². The normalized spacial score (nSPS) is 20.3. The Labute approximate surface area is 175 Å². The van der Waals surface area contributed by atoms with Crippen LogP contribution >= 0.6 is 0 Å². The Morgan fingerprint density at radius 3 is 2.41 bits per heavy atom. The van der Waals surface area contributed by atoms with E-state index in [9.17, 15) is 4.79 Å². The first-order valence-electron chi connectivity index (χ1n) is 11.3. The van der Waals surface area contributed by atoms with E-state index in [1.165, 1.54) is 12.8 Å². The van der Waals surface area contributed by atoms with Gasteiger partial charge in [0.25, 0.3) is 0 Å². The molecule has 0 spiro atoms. The van der Waals surface area contributed by atoms with Gasteiger partial charge in [-0.3, -0.25) is 9.69 Å². The molecule has 1 amide bonds. The molecule has 2 aliphatic heterocycles. The van der Waals surface area contributed by atoms with Crippen LogP contribution in [0.2, 0.25) is 0 Å². The fraction of sp³-hybridized carbons (Fsp3) is 0.864. The molecule has 2 aliphatic rings. The average molecular weight is 406 g/mol. The summed E-state index contributed by atoms with van der Waals surface area (Å²) in [5.74, 6) is 2.41. The summed E-state index contributed by atoms with van der Waals surface area (Å²) in [4.78, 5) is 22.1. The van der Waals surface area contributed by atoms with Crippen molar-refractivity contribution >= 4 is 5.91 Å². The quantitative estimate of drug-likeness (QED) is 0.784. The van der Waals surface area contributed by atoms with Gasteiger partial charge in [0.2, 0.25) is 11.8 Å². The van der Waals surface area contributed by atoms with Gasteiger partial charge >= 0.3 is 0 Å². The van der Waals surface area contributed by atoms with Crippen LogP contribution in [0.5, 0.6) is 0 Å². The Hall–Kier alpha value is -1.47. The molecule has 3 rings (SSSR count). The molecule has 0 aromatic carbocycles. The summed E-state index contributed by atoms with van der Waals surface area (Å²) in [5, 5.41) is 7.47. The van der Waals surface area contributed by atoms with Crippen LogP contribution in [0.25, 0.3) is 0 Å². The van der Waals surface area contributed by atoms with Crippen molar-refractivity contribution in [1.29, 1.82) is 0 Å². The number of nitrogens with zero attached hydrogens (tertiary/aromatic N) is 4. The monoisotopic (exact) mass is 405 g/mol. The zero-order chi connectivity index (χ0) is 21.0. The predicted molar refractivity (Wildman–Crippen MR) is 113 cm³/mol. The summed E-state index contributed by atoms with van der Waals surface area (Å²) >= 11 is 0. The maximum absolute atomic E-state index is 13.3. The van der Waals surface area contributed by atoms with Gasteiger partial charge in [-0.05, 0) is 63.2 Å². The minimum Gasteiger partial charge on any atom is -0.337 e. The van der Waals surface area contributed by atoms with E-state index in [4.69, 9.17) is 4.52 Å². The molecule has 29 heavy (non-hydrogen) atoms. The van der Waals surface area contributed by atoms with Crippen molar-refractivity contribution in [3.8, 4) is 0 Å². The molecule has 7 nitrogen and oxygen atoms in total. The summed E-state index contributed by atoms with van der Waals surface area (Å²) in [5.41, 5.74) is 0.351. The van der Waals surface area contributed by atoms with Crippen LogP contribution in [0.4, 0.5) is 0 Å². The number of likely N-dealkylation sites (tertiary alicyclic amines) is 1. The molecule has 0 radical (unpaired) electrons. The Bertz CT molecular complexity index is 652. The lowest BCUT2D eigenvalue weighted by atomic mass is 9.75. The molecule has 0 bridgehead atoms. The van der Waals surface area contributed by atoms with Crippen LogP contribution in [0.3, 0.4) is 0 Å². The molecule has 0 atom stereocenters. The van der Waals surface area contributed by atoms with E-state index in [0.717, 1.165) is 44.9 Å². The molecule has 7 heteroatoms. The summed E-state index contributed by atoms with van der Waals surface area (Å²) in [6.07, 6.45) is 4.29. The summed E-state index contributed by atoms with van der Waals surface area (Å²) in [6.45, 7) is 15.9. The highest BCUT2D eigenvalue weighted by Gasteiger charge is 2.32. The standard InChI is InChI=1S/C22H39N5O2/c1-16(2)21-24-19(29-25-21)14-27(18-6-10-23-11-7-18)20(28)15-26-12-8-17(9-13-26)22(3,4)5/h16-18,23H,6-15H2,1-5H3. The second-order valence-corrected chi connectivity index (χ2v) is 10.1. The largest absolute Gasteiger partial charge is 0.337 e. The van der Waals surface area contributed by atoms with E-state index in [0.29, 0.717) is 30.2 Å². The maximum atomic E-state index is 13.3. The minimum absolute atomic E-state index is 0.190. The third-order valence-electron chi connectivity index (χ3n) is 6.55. The Balaban J connectivity index is 1.63. The number of nitrogens with one attached hydrogen (secondary N) is 1. The lowest BCUT2D eigenvalue weighted by Gasteiger charge is -2.40. The van der Waals surface area contributed by atoms with Crippen molar-refractivity contribution in [2.45, 2.75) is 78.8 Å². The van der Waals surface area contributed by atoms with Gasteiger partial charge in [-0.1, -0.05) is 39.8 Å². The number of piperidine rings is 2. The maximum Gasteiger partial charge on any atom is 0.246 e. The summed E-state index contributed by atoms with van der Waals surface area (Å²) < 4.78 is 5.45. The average Bonchev–Trinajstić information content (AvgIpc) is 3.15. The molecular formula is C22H39N5O2. The lowest BCUT2D eigenvalue weighted by molar-refractivity contribution is -0.137. The second kappa shape index (κ2) is 9.56. The minimum atomic E-state index is 0.190. The van der Waals surface area contributed by atoms with Crippen molar-refractivity contribution in [1.82, 2.24) is 25.3 Å². The molecule has 164 valence electrons. The number of hydrogen-bond acceptors (Lipinski definition) is 6. The third-order valence-corrected chi connectivity index (χ3v) is 6.55. The molecule has 2 saturated heterocycles. The molecule has 1 N–H and O–H groups in total. The zero-order valence-electron chi connectivity index (χ0n) is 18.9. The van der Waals surface area contributed by atoms with E-state index in [-0.39, 0.29) is 17.9 Å². The Morgan fingerprint density at radius 1 is 1.21 bits per heavy atom.